The Kier molecular flexibility index (Phi) is 2.58. The maximum Gasteiger partial charge on any atom is 0.229 e. The number of hydrogen-bond acceptors (Lipinski definition) is 4. The van der Waals surface area contributed by atoms with Crippen molar-refractivity contribution in [2.45, 2.75) is 0 Å². The molecule has 0 aliphatic rings. The summed E-state index contributed by atoms with van der Waals surface area (Å²) >= 11 is 0. The van der Waals surface area contributed by atoms with Crippen LogP contribution >= 0.6 is 0 Å². The summed E-state index contributed by atoms with van der Waals surface area (Å²) in [4.78, 5) is 4.07. The van der Waals surface area contributed by atoms with Crippen LogP contribution in [0.5, 0.6) is 11.5 Å². The highest BCUT2D eigenvalue weighted by molar-refractivity contribution is 5.67. The van der Waals surface area contributed by atoms with E-state index < -0.39 is 0 Å². The molecule has 0 spiro atoms. The highest BCUT2D eigenvalue weighted by Crippen LogP contribution is 2.36. The Balaban J connectivity index is 2.56. The molecule has 1 heterocycles. The van der Waals surface area contributed by atoms with Crippen LogP contribution in [0, 0.1) is 0 Å². The summed E-state index contributed by atoms with van der Waals surface area (Å²) in [5, 5.41) is 0. The van der Waals surface area contributed by atoms with E-state index in [1.807, 2.05) is 18.2 Å². The second-order valence-electron chi connectivity index (χ2n) is 2.88. The van der Waals surface area contributed by atoms with Gasteiger partial charge in [-0.05, 0) is 12.1 Å². The Hall–Kier alpha value is -1.97. The average Bonchev–Trinajstić information content (AvgIpc) is 2.81. The molecule has 1 aromatic carbocycles. The van der Waals surface area contributed by atoms with Gasteiger partial charge in [-0.25, -0.2) is 4.98 Å². The first-order chi connectivity index (χ1) is 7.36. The van der Waals surface area contributed by atoms with Crippen molar-refractivity contribution < 1.29 is 13.9 Å². The largest absolute Gasteiger partial charge is 0.493 e. The second-order valence-corrected chi connectivity index (χ2v) is 2.88. The van der Waals surface area contributed by atoms with E-state index in [1.165, 1.54) is 6.26 Å². The van der Waals surface area contributed by atoms with Crippen molar-refractivity contribution in [3.8, 4) is 23.0 Å². The average molecular weight is 205 g/mol. The first-order valence-corrected chi connectivity index (χ1v) is 4.47. The van der Waals surface area contributed by atoms with Crippen LogP contribution in [-0.2, 0) is 0 Å². The van der Waals surface area contributed by atoms with E-state index in [1.54, 1.807) is 20.4 Å². The molecule has 0 aliphatic carbocycles. The third kappa shape index (κ3) is 1.66. The van der Waals surface area contributed by atoms with Crippen LogP contribution in [0.1, 0.15) is 0 Å². The van der Waals surface area contributed by atoms with E-state index in [4.69, 9.17) is 13.9 Å². The Labute approximate surface area is 87.5 Å². The summed E-state index contributed by atoms with van der Waals surface area (Å²) in [6.07, 6.45) is 3.11. The van der Waals surface area contributed by atoms with Crippen LogP contribution in [0.15, 0.2) is 35.1 Å². The van der Waals surface area contributed by atoms with Gasteiger partial charge in [0, 0.05) is 0 Å². The zero-order valence-electron chi connectivity index (χ0n) is 8.56. The Morgan fingerprint density at radius 3 is 2.67 bits per heavy atom. The van der Waals surface area contributed by atoms with E-state index in [-0.39, 0.29) is 0 Å². The van der Waals surface area contributed by atoms with Gasteiger partial charge in [0.25, 0.3) is 0 Å². The maximum atomic E-state index is 5.27. The summed E-state index contributed by atoms with van der Waals surface area (Å²) in [6.45, 7) is 0. The number of rotatable bonds is 3. The minimum absolute atomic E-state index is 0.519. The smallest absolute Gasteiger partial charge is 0.229 e. The Bertz CT molecular complexity index is 437. The van der Waals surface area contributed by atoms with Crippen LogP contribution in [-0.4, -0.2) is 19.2 Å². The fourth-order valence-corrected chi connectivity index (χ4v) is 1.41. The molecule has 0 amide bonds. The number of methoxy groups -OCH3 is 2. The maximum absolute atomic E-state index is 5.27. The van der Waals surface area contributed by atoms with Crippen molar-refractivity contribution >= 4 is 0 Å². The third-order valence-electron chi connectivity index (χ3n) is 2.07. The molecule has 78 valence electrons. The predicted molar refractivity (Wildman–Crippen MR) is 55.0 cm³/mol. The van der Waals surface area contributed by atoms with Gasteiger partial charge in [-0.2, -0.15) is 0 Å². The molecule has 0 atom stereocenters. The molecule has 0 bridgehead atoms. The number of para-hydroxylation sites is 1. The molecule has 0 N–H and O–H groups in total. The van der Waals surface area contributed by atoms with Gasteiger partial charge >= 0.3 is 0 Å². The molecule has 0 saturated carbocycles. The summed E-state index contributed by atoms with van der Waals surface area (Å²) in [6, 6.07) is 5.55. The lowest BCUT2D eigenvalue weighted by molar-refractivity contribution is 0.355. The molecule has 2 aromatic rings. The lowest BCUT2D eigenvalue weighted by Crippen LogP contribution is -1.92. The summed E-state index contributed by atoms with van der Waals surface area (Å²) in [5.41, 5.74) is 0.779. The van der Waals surface area contributed by atoms with Gasteiger partial charge in [-0.1, -0.05) is 6.07 Å². The third-order valence-corrected chi connectivity index (χ3v) is 2.07. The molecule has 4 heteroatoms. The molecule has 0 radical (unpaired) electrons. The normalized spacial score (nSPS) is 10.0. The van der Waals surface area contributed by atoms with Crippen molar-refractivity contribution in [1.82, 2.24) is 4.98 Å². The molecule has 0 aliphatic heterocycles. The van der Waals surface area contributed by atoms with Crippen LogP contribution in [0.2, 0.25) is 0 Å². The van der Waals surface area contributed by atoms with Crippen LogP contribution in [0.25, 0.3) is 11.5 Å². The van der Waals surface area contributed by atoms with Crippen LogP contribution < -0.4 is 9.47 Å². The van der Waals surface area contributed by atoms with Gasteiger partial charge in [-0.15, -0.1) is 0 Å². The molecule has 4 nitrogen and oxygen atoms in total. The molecule has 0 saturated heterocycles. The molecule has 0 fully saturated rings. The van der Waals surface area contributed by atoms with E-state index in [9.17, 15) is 0 Å². The van der Waals surface area contributed by atoms with Crippen LogP contribution in [0.3, 0.4) is 0 Å². The van der Waals surface area contributed by atoms with E-state index in [2.05, 4.69) is 4.98 Å². The van der Waals surface area contributed by atoms with E-state index >= 15 is 0 Å². The van der Waals surface area contributed by atoms with E-state index in [0.29, 0.717) is 17.4 Å². The summed E-state index contributed by atoms with van der Waals surface area (Å²) in [5.74, 6) is 1.81. The Morgan fingerprint density at radius 2 is 2.07 bits per heavy atom. The topological polar surface area (TPSA) is 44.5 Å². The Morgan fingerprint density at radius 1 is 1.20 bits per heavy atom. The fraction of sp³-hybridized carbons (Fsp3) is 0.182. The van der Waals surface area contributed by atoms with Crippen molar-refractivity contribution in [2.24, 2.45) is 0 Å². The molecular formula is C11H11NO3. The zero-order chi connectivity index (χ0) is 10.7. The first-order valence-electron chi connectivity index (χ1n) is 4.47. The fourth-order valence-electron chi connectivity index (χ4n) is 1.41. The molecule has 1 aromatic heterocycles. The van der Waals surface area contributed by atoms with Gasteiger partial charge in [0.2, 0.25) is 5.89 Å². The van der Waals surface area contributed by atoms with Gasteiger partial charge < -0.3 is 13.9 Å². The van der Waals surface area contributed by atoms with Gasteiger partial charge in [0.15, 0.2) is 11.5 Å². The highest BCUT2D eigenvalue weighted by atomic mass is 16.5. The molecular weight excluding hydrogens is 194 g/mol. The number of aromatic nitrogens is 1. The lowest BCUT2D eigenvalue weighted by Gasteiger charge is -2.09. The minimum atomic E-state index is 0.519. The lowest BCUT2D eigenvalue weighted by atomic mass is 10.2. The van der Waals surface area contributed by atoms with Gasteiger partial charge in [0.1, 0.15) is 6.26 Å². The standard InChI is InChI=1S/C11H11NO3/c1-13-9-5-3-4-8(10(9)14-2)11-12-6-7-15-11/h3-7H,1-2H3. The first kappa shape index (κ1) is 9.58. The SMILES string of the molecule is COc1cccc(-c2ncco2)c1OC. The van der Waals surface area contributed by atoms with Crippen molar-refractivity contribution in [3.05, 3.63) is 30.7 Å². The summed E-state index contributed by atoms with van der Waals surface area (Å²) in [7, 11) is 3.18. The summed E-state index contributed by atoms with van der Waals surface area (Å²) < 4.78 is 15.7. The number of hydrogen-bond donors (Lipinski definition) is 0. The van der Waals surface area contributed by atoms with Crippen molar-refractivity contribution in [2.75, 3.05) is 14.2 Å². The van der Waals surface area contributed by atoms with Gasteiger partial charge in [-0.3, -0.25) is 0 Å². The highest BCUT2D eigenvalue weighted by Gasteiger charge is 2.13. The number of ether oxygens (including phenoxy) is 2. The number of oxazole rings is 1. The number of benzene rings is 1. The zero-order valence-corrected chi connectivity index (χ0v) is 8.56. The van der Waals surface area contributed by atoms with Gasteiger partial charge in [0.05, 0.1) is 26.0 Å². The van der Waals surface area contributed by atoms with Crippen LogP contribution in [0.4, 0.5) is 0 Å². The molecule has 0 unspecified atom stereocenters. The van der Waals surface area contributed by atoms with Crippen molar-refractivity contribution in [3.63, 3.8) is 0 Å². The van der Waals surface area contributed by atoms with E-state index in [0.717, 1.165) is 5.56 Å². The minimum Gasteiger partial charge on any atom is -0.493 e. The quantitative estimate of drug-likeness (QED) is 0.771. The molecule has 2 rings (SSSR count). The van der Waals surface area contributed by atoms with Crippen molar-refractivity contribution in [1.29, 1.82) is 0 Å². The monoisotopic (exact) mass is 205 g/mol. The number of nitrogens with zero attached hydrogens (tertiary/aromatic N) is 1. The second kappa shape index (κ2) is 4.04. The predicted octanol–water partition coefficient (Wildman–Crippen LogP) is 2.36. The molecule has 15 heavy (non-hydrogen) atoms.